The normalized spacial score (nSPS) is 10.2. The van der Waals surface area contributed by atoms with Gasteiger partial charge in [-0.1, -0.05) is 0 Å². The van der Waals surface area contributed by atoms with Crippen molar-refractivity contribution in [3.8, 4) is 0 Å². The molecule has 9 heteroatoms. The van der Waals surface area contributed by atoms with Crippen molar-refractivity contribution in [2.45, 2.75) is 18.4 Å². The summed E-state index contributed by atoms with van der Waals surface area (Å²) in [7, 11) is 0. The molecule has 0 atom stereocenters. The SMILES string of the molecule is O=C(O)CC(CC(=O)O)(OO)C(=O)O.[KH]. The summed E-state index contributed by atoms with van der Waals surface area (Å²) >= 11 is 0. The Balaban J connectivity index is 0. The summed E-state index contributed by atoms with van der Waals surface area (Å²) in [6.45, 7) is 0. The molecule has 0 aliphatic rings. The minimum absolute atomic E-state index is 0. The summed E-state index contributed by atoms with van der Waals surface area (Å²) in [6.07, 6.45) is -2.30. The van der Waals surface area contributed by atoms with Gasteiger partial charge in [-0.2, -0.15) is 0 Å². The second-order valence-electron chi connectivity index (χ2n) is 2.53. The zero-order chi connectivity index (χ0) is 11.4. The first-order valence-corrected chi connectivity index (χ1v) is 3.33. The van der Waals surface area contributed by atoms with Crippen LogP contribution in [0.3, 0.4) is 0 Å². The van der Waals surface area contributed by atoms with Crippen LogP contribution in [0, 0.1) is 0 Å². The Morgan fingerprint density at radius 2 is 1.33 bits per heavy atom. The molecule has 8 nitrogen and oxygen atoms in total. The Bertz CT molecular complexity index is 246. The molecule has 82 valence electrons. The number of carbonyl (C=O) groups is 3. The molecule has 0 aliphatic heterocycles. The van der Waals surface area contributed by atoms with Gasteiger partial charge >= 0.3 is 69.3 Å². The van der Waals surface area contributed by atoms with Gasteiger partial charge in [-0.05, 0) is 0 Å². The first-order valence-electron chi connectivity index (χ1n) is 3.33. The van der Waals surface area contributed by atoms with Crippen LogP contribution in [0.15, 0.2) is 0 Å². The fourth-order valence-electron chi connectivity index (χ4n) is 0.806. The molecular weight excluding hydrogens is 239 g/mol. The minimum atomic E-state index is -2.64. The maximum atomic E-state index is 10.5. The third-order valence-corrected chi connectivity index (χ3v) is 1.44. The Labute approximate surface area is 126 Å². The van der Waals surface area contributed by atoms with Crippen LogP contribution < -0.4 is 0 Å². The maximum absolute atomic E-state index is 10.5. The van der Waals surface area contributed by atoms with Gasteiger partial charge < -0.3 is 15.3 Å². The first kappa shape index (κ1) is 17.4. The summed E-state index contributed by atoms with van der Waals surface area (Å²) < 4.78 is 0. The van der Waals surface area contributed by atoms with Crippen LogP contribution in [0.1, 0.15) is 12.8 Å². The van der Waals surface area contributed by atoms with Crippen molar-refractivity contribution < 1.29 is 39.8 Å². The van der Waals surface area contributed by atoms with Gasteiger partial charge in [-0.15, -0.1) is 0 Å². The van der Waals surface area contributed by atoms with Gasteiger partial charge in [0, 0.05) is 0 Å². The van der Waals surface area contributed by atoms with Crippen molar-refractivity contribution in [1.29, 1.82) is 0 Å². The molecule has 0 spiro atoms. The molecule has 0 aromatic heterocycles. The molecule has 0 rings (SSSR count). The van der Waals surface area contributed by atoms with Crippen molar-refractivity contribution in [1.82, 2.24) is 0 Å². The van der Waals surface area contributed by atoms with E-state index in [1.54, 1.807) is 0 Å². The summed E-state index contributed by atoms with van der Waals surface area (Å²) in [5, 5.41) is 33.3. The number of hydrogen-bond acceptors (Lipinski definition) is 5. The molecular formula is C6H9KO8. The third-order valence-electron chi connectivity index (χ3n) is 1.44. The summed E-state index contributed by atoms with van der Waals surface area (Å²) in [5.41, 5.74) is -2.64. The Morgan fingerprint density at radius 1 is 1.00 bits per heavy atom. The van der Waals surface area contributed by atoms with Gasteiger partial charge in [0.1, 0.15) is 0 Å². The third kappa shape index (κ3) is 5.56. The second-order valence-corrected chi connectivity index (χ2v) is 2.53. The fraction of sp³-hybridized carbons (Fsp3) is 0.500. The van der Waals surface area contributed by atoms with Gasteiger partial charge in [-0.25, -0.2) is 9.68 Å². The molecule has 0 heterocycles. The van der Waals surface area contributed by atoms with E-state index in [0.29, 0.717) is 0 Å². The number of rotatable bonds is 6. The monoisotopic (exact) mass is 248 g/mol. The Hall–Kier alpha value is -0.0336. The van der Waals surface area contributed by atoms with Crippen LogP contribution in [-0.4, -0.2) is 95.5 Å². The standard InChI is InChI=1S/C6H8O8.K.H/c7-3(8)1-6(14-13,5(11)12)2-4(9)10;;/h13H,1-2H2,(H,7,8)(H,9,10)(H,11,12);;. The van der Waals surface area contributed by atoms with Gasteiger partial charge in [-0.3, -0.25) is 14.8 Å². The molecule has 0 radical (unpaired) electrons. The number of hydrogen-bond donors (Lipinski definition) is 4. The van der Waals surface area contributed by atoms with E-state index in [4.69, 9.17) is 20.6 Å². The molecule has 0 aromatic carbocycles. The number of carboxylic acid groups (broad SMARTS) is 3. The first-order chi connectivity index (χ1) is 6.34. The summed E-state index contributed by atoms with van der Waals surface area (Å²) in [5.74, 6) is -5.05. The van der Waals surface area contributed by atoms with E-state index in [-0.39, 0.29) is 51.4 Å². The van der Waals surface area contributed by atoms with Crippen LogP contribution in [0.25, 0.3) is 0 Å². The predicted molar refractivity (Wildman–Crippen MR) is 45.7 cm³/mol. The van der Waals surface area contributed by atoms with Gasteiger partial charge in [0.15, 0.2) is 0 Å². The van der Waals surface area contributed by atoms with Crippen LogP contribution in [-0.2, 0) is 19.3 Å². The average Bonchev–Trinajstić information content (AvgIpc) is 2.00. The molecule has 0 saturated heterocycles. The van der Waals surface area contributed by atoms with E-state index in [2.05, 4.69) is 4.89 Å². The quantitative estimate of drug-likeness (QED) is 0.255. The zero-order valence-electron chi connectivity index (χ0n) is 6.84. The zero-order valence-corrected chi connectivity index (χ0v) is 6.84. The van der Waals surface area contributed by atoms with Crippen molar-refractivity contribution >= 4 is 69.3 Å². The van der Waals surface area contributed by atoms with Crippen molar-refractivity contribution in [3.05, 3.63) is 0 Å². The van der Waals surface area contributed by atoms with E-state index in [1.807, 2.05) is 0 Å². The average molecular weight is 248 g/mol. The predicted octanol–water partition coefficient (Wildman–Crippen LogP) is -1.40. The van der Waals surface area contributed by atoms with E-state index < -0.39 is 36.4 Å². The van der Waals surface area contributed by atoms with Crippen LogP contribution in [0.5, 0.6) is 0 Å². The molecule has 15 heavy (non-hydrogen) atoms. The molecule has 0 unspecified atom stereocenters. The summed E-state index contributed by atoms with van der Waals surface area (Å²) in [4.78, 5) is 34.4. The fourth-order valence-corrected chi connectivity index (χ4v) is 0.806. The number of aliphatic carboxylic acids is 3. The van der Waals surface area contributed by atoms with Gasteiger partial charge in [0.25, 0.3) is 0 Å². The van der Waals surface area contributed by atoms with E-state index in [1.165, 1.54) is 0 Å². The molecule has 0 amide bonds. The number of carboxylic acids is 3. The van der Waals surface area contributed by atoms with Gasteiger partial charge in [0.05, 0.1) is 12.8 Å². The molecule has 0 aromatic rings. The Morgan fingerprint density at radius 3 is 1.47 bits per heavy atom. The second kappa shape index (κ2) is 7.27. The molecule has 0 fully saturated rings. The van der Waals surface area contributed by atoms with Crippen LogP contribution >= 0.6 is 0 Å². The summed E-state index contributed by atoms with van der Waals surface area (Å²) in [6, 6.07) is 0. The Kier molecular flexibility index (Phi) is 8.42. The van der Waals surface area contributed by atoms with E-state index >= 15 is 0 Å². The van der Waals surface area contributed by atoms with Gasteiger partial charge in [0.2, 0.25) is 5.60 Å². The molecule has 4 N–H and O–H groups in total. The topological polar surface area (TPSA) is 141 Å². The molecule has 0 bridgehead atoms. The van der Waals surface area contributed by atoms with Crippen molar-refractivity contribution in [3.63, 3.8) is 0 Å². The van der Waals surface area contributed by atoms with Crippen LogP contribution in [0.4, 0.5) is 0 Å². The molecule has 0 aliphatic carbocycles. The van der Waals surface area contributed by atoms with Crippen molar-refractivity contribution in [2.75, 3.05) is 0 Å². The van der Waals surface area contributed by atoms with E-state index in [0.717, 1.165) is 0 Å². The van der Waals surface area contributed by atoms with E-state index in [9.17, 15) is 14.4 Å². The molecule has 0 saturated carbocycles. The van der Waals surface area contributed by atoms with Crippen molar-refractivity contribution in [2.24, 2.45) is 0 Å². The van der Waals surface area contributed by atoms with Crippen LogP contribution in [0.2, 0.25) is 0 Å².